The zero-order chi connectivity index (χ0) is 15.6. The molecule has 4 heteroatoms. The van der Waals surface area contributed by atoms with Crippen molar-refractivity contribution < 1.29 is 9.53 Å². The summed E-state index contributed by atoms with van der Waals surface area (Å²) in [4.78, 5) is 17.9. The first kappa shape index (κ1) is 14.0. The molecule has 0 bridgehead atoms. The summed E-state index contributed by atoms with van der Waals surface area (Å²) in [6, 6.07) is 19.9. The molecule has 1 N–H and O–H groups in total. The molecule has 1 amide bonds. The van der Waals surface area contributed by atoms with Crippen LogP contribution >= 0.6 is 0 Å². The first-order valence-corrected chi connectivity index (χ1v) is 7.85. The zero-order valence-electron chi connectivity index (χ0n) is 12.7. The molecule has 1 fully saturated rings. The lowest BCUT2D eigenvalue weighted by atomic mass is 10.1. The maximum Gasteiger partial charge on any atom is 0.270 e. The van der Waals surface area contributed by atoms with Crippen LogP contribution in [0.5, 0.6) is 0 Å². The number of rotatable bonds is 2. The maximum absolute atomic E-state index is 12.8. The number of amides is 1. The van der Waals surface area contributed by atoms with Crippen LogP contribution in [0, 0.1) is 0 Å². The second-order valence-electron chi connectivity index (χ2n) is 5.79. The Morgan fingerprint density at radius 1 is 1.09 bits per heavy atom. The van der Waals surface area contributed by atoms with Gasteiger partial charge in [0.1, 0.15) is 11.8 Å². The van der Waals surface area contributed by atoms with Crippen molar-refractivity contribution in [1.82, 2.24) is 9.88 Å². The molecular formula is C19H18N2O2. The quantitative estimate of drug-likeness (QED) is 0.789. The second-order valence-corrected chi connectivity index (χ2v) is 5.79. The number of benzene rings is 2. The van der Waals surface area contributed by atoms with Crippen molar-refractivity contribution in [3.8, 4) is 0 Å². The van der Waals surface area contributed by atoms with Gasteiger partial charge < -0.3 is 14.6 Å². The minimum absolute atomic E-state index is 0.0328. The van der Waals surface area contributed by atoms with Crippen molar-refractivity contribution in [3.05, 3.63) is 71.9 Å². The van der Waals surface area contributed by atoms with Gasteiger partial charge in [0.2, 0.25) is 0 Å². The molecule has 3 aromatic rings. The predicted molar refractivity (Wildman–Crippen MR) is 89.3 cm³/mol. The van der Waals surface area contributed by atoms with Gasteiger partial charge in [-0.05, 0) is 17.7 Å². The Morgan fingerprint density at radius 3 is 2.70 bits per heavy atom. The number of carbonyl (C=O) groups is 1. The van der Waals surface area contributed by atoms with E-state index >= 15 is 0 Å². The molecule has 4 nitrogen and oxygen atoms in total. The SMILES string of the molecule is O=C(c1cc2ccccc2[nH]1)N1CCOC(c2ccccc2)C1. The first-order valence-electron chi connectivity index (χ1n) is 7.85. The molecule has 4 rings (SSSR count). The number of para-hydroxylation sites is 1. The number of fused-ring (bicyclic) bond motifs is 1. The number of hydrogen-bond acceptors (Lipinski definition) is 2. The number of H-pyrrole nitrogens is 1. The molecule has 116 valence electrons. The molecule has 1 aliphatic rings. The predicted octanol–water partition coefficient (Wildman–Crippen LogP) is 3.38. The number of aromatic nitrogens is 1. The molecule has 1 atom stereocenters. The number of nitrogens with one attached hydrogen (secondary N) is 1. The maximum atomic E-state index is 12.8. The van der Waals surface area contributed by atoms with Crippen LogP contribution in [0.1, 0.15) is 22.2 Å². The Hall–Kier alpha value is -2.59. The third-order valence-corrected chi connectivity index (χ3v) is 4.29. The smallest absolute Gasteiger partial charge is 0.270 e. The highest BCUT2D eigenvalue weighted by Crippen LogP contribution is 2.24. The monoisotopic (exact) mass is 306 g/mol. The summed E-state index contributed by atoms with van der Waals surface area (Å²) in [5, 5.41) is 1.06. The van der Waals surface area contributed by atoms with Crippen molar-refractivity contribution in [3.63, 3.8) is 0 Å². The van der Waals surface area contributed by atoms with E-state index in [9.17, 15) is 4.79 Å². The summed E-state index contributed by atoms with van der Waals surface area (Å²) in [6.45, 7) is 1.77. The topological polar surface area (TPSA) is 45.3 Å². The van der Waals surface area contributed by atoms with E-state index in [2.05, 4.69) is 4.98 Å². The van der Waals surface area contributed by atoms with E-state index in [1.807, 2.05) is 65.6 Å². The van der Waals surface area contributed by atoms with Gasteiger partial charge in [0.25, 0.3) is 5.91 Å². The molecule has 0 aliphatic carbocycles. The summed E-state index contributed by atoms with van der Waals surface area (Å²) >= 11 is 0. The molecular weight excluding hydrogens is 288 g/mol. The van der Waals surface area contributed by atoms with Crippen molar-refractivity contribution in [2.45, 2.75) is 6.10 Å². The minimum Gasteiger partial charge on any atom is -0.370 e. The van der Waals surface area contributed by atoms with Crippen LogP contribution in [0.3, 0.4) is 0 Å². The lowest BCUT2D eigenvalue weighted by molar-refractivity contribution is -0.0229. The number of carbonyl (C=O) groups excluding carboxylic acids is 1. The van der Waals surface area contributed by atoms with Gasteiger partial charge in [0.15, 0.2) is 0 Å². The standard InChI is InChI=1S/C19H18N2O2/c22-19(17-12-15-8-4-5-9-16(15)20-17)21-10-11-23-18(13-21)14-6-2-1-3-7-14/h1-9,12,18,20H,10-11,13H2. The Kier molecular flexibility index (Phi) is 3.60. The third-order valence-electron chi connectivity index (χ3n) is 4.29. The van der Waals surface area contributed by atoms with Gasteiger partial charge in [-0.3, -0.25) is 4.79 Å². The van der Waals surface area contributed by atoms with Gasteiger partial charge in [0, 0.05) is 17.4 Å². The van der Waals surface area contributed by atoms with Gasteiger partial charge >= 0.3 is 0 Å². The highest BCUT2D eigenvalue weighted by molar-refractivity contribution is 5.98. The van der Waals surface area contributed by atoms with Crippen LogP contribution < -0.4 is 0 Å². The van der Waals surface area contributed by atoms with Crippen LogP contribution in [0.2, 0.25) is 0 Å². The molecule has 23 heavy (non-hydrogen) atoms. The largest absolute Gasteiger partial charge is 0.370 e. The van der Waals surface area contributed by atoms with E-state index in [1.165, 1.54) is 0 Å². The summed E-state index contributed by atoms with van der Waals surface area (Å²) in [6.07, 6.45) is -0.0571. The Balaban J connectivity index is 1.56. The van der Waals surface area contributed by atoms with Crippen molar-refractivity contribution in [2.24, 2.45) is 0 Å². The number of morpholine rings is 1. The first-order chi connectivity index (χ1) is 11.3. The molecule has 1 aromatic heterocycles. The van der Waals surface area contributed by atoms with Crippen molar-refractivity contribution in [1.29, 1.82) is 0 Å². The molecule has 1 saturated heterocycles. The minimum atomic E-state index is -0.0571. The molecule has 2 aromatic carbocycles. The number of aromatic amines is 1. The fourth-order valence-corrected chi connectivity index (χ4v) is 3.06. The molecule has 1 aliphatic heterocycles. The number of nitrogens with zero attached hydrogens (tertiary/aromatic N) is 1. The van der Waals surface area contributed by atoms with Gasteiger partial charge in [-0.15, -0.1) is 0 Å². The highest BCUT2D eigenvalue weighted by atomic mass is 16.5. The zero-order valence-corrected chi connectivity index (χ0v) is 12.7. The Bertz CT molecular complexity index is 793. The van der Waals surface area contributed by atoms with E-state index in [4.69, 9.17) is 4.74 Å². The molecule has 0 radical (unpaired) electrons. The third kappa shape index (κ3) is 2.73. The van der Waals surface area contributed by atoms with E-state index in [0.29, 0.717) is 25.4 Å². The van der Waals surface area contributed by atoms with Crippen LogP contribution in [0.25, 0.3) is 10.9 Å². The molecule has 0 saturated carbocycles. The van der Waals surface area contributed by atoms with Crippen molar-refractivity contribution >= 4 is 16.8 Å². The fourth-order valence-electron chi connectivity index (χ4n) is 3.06. The normalized spacial score (nSPS) is 18.3. The summed E-state index contributed by atoms with van der Waals surface area (Å²) < 4.78 is 5.84. The lowest BCUT2D eigenvalue weighted by Crippen LogP contribution is -2.42. The van der Waals surface area contributed by atoms with Gasteiger partial charge in [-0.1, -0.05) is 48.5 Å². The number of hydrogen-bond donors (Lipinski definition) is 1. The summed E-state index contributed by atoms with van der Waals surface area (Å²) in [5.41, 5.74) is 2.74. The molecule has 2 heterocycles. The number of ether oxygens (including phenoxy) is 1. The van der Waals surface area contributed by atoms with E-state index < -0.39 is 0 Å². The van der Waals surface area contributed by atoms with Gasteiger partial charge in [0.05, 0.1) is 13.2 Å². The van der Waals surface area contributed by atoms with Crippen molar-refractivity contribution in [2.75, 3.05) is 19.7 Å². The lowest BCUT2D eigenvalue weighted by Gasteiger charge is -2.33. The van der Waals surface area contributed by atoms with Gasteiger partial charge in [-0.25, -0.2) is 0 Å². The average molecular weight is 306 g/mol. The Labute approximate surface area is 134 Å². The second kappa shape index (κ2) is 5.89. The van der Waals surface area contributed by atoms with E-state index in [-0.39, 0.29) is 12.0 Å². The van der Waals surface area contributed by atoms with E-state index in [1.54, 1.807) is 0 Å². The highest BCUT2D eigenvalue weighted by Gasteiger charge is 2.26. The van der Waals surface area contributed by atoms with E-state index in [0.717, 1.165) is 16.5 Å². The average Bonchev–Trinajstić information content (AvgIpc) is 3.06. The van der Waals surface area contributed by atoms with Gasteiger partial charge in [-0.2, -0.15) is 0 Å². The van der Waals surface area contributed by atoms with Crippen LogP contribution in [0.15, 0.2) is 60.7 Å². The van der Waals surface area contributed by atoms with Crippen LogP contribution in [-0.4, -0.2) is 35.5 Å². The fraction of sp³-hybridized carbons (Fsp3) is 0.211. The molecule has 1 unspecified atom stereocenters. The molecule has 0 spiro atoms. The summed E-state index contributed by atoms with van der Waals surface area (Å²) in [5.74, 6) is 0.0328. The summed E-state index contributed by atoms with van der Waals surface area (Å²) in [7, 11) is 0. The van der Waals surface area contributed by atoms with Crippen LogP contribution in [0.4, 0.5) is 0 Å². The Morgan fingerprint density at radius 2 is 1.87 bits per heavy atom. The van der Waals surface area contributed by atoms with Crippen LogP contribution in [-0.2, 0) is 4.74 Å².